The number of nitrogens with zero attached hydrogens (tertiary/aromatic N) is 16. The first kappa shape index (κ1) is 70.4. The van der Waals surface area contributed by atoms with Gasteiger partial charge in [-0.1, -0.05) is 120 Å². The lowest BCUT2D eigenvalue weighted by atomic mass is 10.0. The number of pyridine rings is 4. The van der Waals surface area contributed by atoms with Crippen LogP contribution in [-0.4, -0.2) is 55.8 Å². The number of fused-ring (bicyclic) bond motifs is 12. The molecule has 20 aromatic rings. The Balaban J connectivity index is 0.000000108. The average Bonchev–Trinajstić information content (AvgIpc) is 1.62. The van der Waals surface area contributed by atoms with Crippen molar-refractivity contribution in [3.8, 4) is 90.6 Å². The number of para-hydroxylation sites is 8. The van der Waals surface area contributed by atoms with Gasteiger partial charge in [-0.15, -0.1) is 0 Å². The predicted octanol–water partition coefficient (Wildman–Crippen LogP) is 18.1. The number of hydrogen-bond donors (Lipinski definition) is 0. The maximum Gasteiger partial charge on any atom is 0.231 e. The van der Waals surface area contributed by atoms with Gasteiger partial charge in [0.25, 0.3) is 0 Å². The molecule has 20 rings (SSSR count). The molecule has 0 fully saturated rings. The van der Waals surface area contributed by atoms with Crippen molar-refractivity contribution in [1.29, 1.82) is 0 Å². The van der Waals surface area contributed by atoms with Gasteiger partial charge in [0, 0.05) is 124 Å². The van der Waals surface area contributed by atoms with Gasteiger partial charge in [-0.05, 0) is 167 Å². The zero-order valence-corrected chi connectivity index (χ0v) is 65.6. The molecule has 16 nitrogen and oxygen atoms in total. The Hall–Kier alpha value is -13.6. The molecule has 0 aliphatic carbocycles. The summed E-state index contributed by atoms with van der Waals surface area (Å²) < 4.78 is 26.5. The van der Waals surface area contributed by atoms with Crippen molar-refractivity contribution in [3.63, 3.8) is 0 Å². The third-order valence-corrected chi connectivity index (χ3v) is 22.3. The third-order valence-electron chi connectivity index (χ3n) is 22.3. The fourth-order valence-corrected chi connectivity index (χ4v) is 16.3. The van der Waals surface area contributed by atoms with Crippen LogP contribution in [0.3, 0.4) is 0 Å². The lowest BCUT2D eigenvalue weighted by Gasteiger charge is -2.09. The van der Waals surface area contributed by atoms with Gasteiger partial charge in [0.1, 0.15) is 51.0 Å². The zero-order chi connectivity index (χ0) is 76.8. The summed E-state index contributed by atoms with van der Waals surface area (Å²) in [6, 6.07) is 87.4. The maximum absolute atomic E-state index is 4.82. The van der Waals surface area contributed by atoms with Gasteiger partial charge >= 0.3 is 0 Å². The molecular weight excluding hydrogens is 1370 g/mol. The normalized spacial score (nSPS) is 11.6. The van der Waals surface area contributed by atoms with E-state index in [0.717, 1.165) is 107 Å². The van der Waals surface area contributed by atoms with Crippen molar-refractivity contribution in [2.45, 2.75) is 48.5 Å². The van der Waals surface area contributed by atoms with E-state index in [4.69, 9.17) is 19.9 Å². The second-order valence-electron chi connectivity index (χ2n) is 29.6. The first-order valence-corrected chi connectivity index (χ1v) is 37.7. The standard InChI is InChI=1S/3C24H23N4.C23H21N4/c1-16-13-21(18-10-6-5-9-17(18)2)26(3)22(14-16)23-15-28-20-12-8-7-11-19(20)25-24(28)27(23)4;1-16-12-13-18(17(2)14-16)20-10-7-11-22(26(20)3)23-15-28-21-9-6-5-8-19(21)25-24(28)27(23)4;1-16-12-13-17(2)18(14-16)20-10-7-11-22(26(20)3)23-15-28-21-9-6-5-8-19(21)25-24(28)27(23)4;1-16-9-4-5-10-17(16)19-13-8-14-21(25(19)2)22-15-27-20-12-7-6-11-18(20)24-23(27)26(22)3/h3*5-15H,1-4H3;4-15H,1-3H3/q4*+1. The Labute approximate surface area is 645 Å². The molecular formula is C95H90N16+4. The molecule has 0 radical (unpaired) electrons. The lowest BCUT2D eigenvalue weighted by Crippen LogP contribution is -2.35. The summed E-state index contributed by atoms with van der Waals surface area (Å²) in [4.78, 5) is 19.3. The molecule has 0 saturated heterocycles. The summed E-state index contributed by atoms with van der Waals surface area (Å²) >= 11 is 0. The Bertz CT molecular complexity index is 7050. The number of benzene rings is 8. The van der Waals surface area contributed by atoms with Crippen molar-refractivity contribution in [2.75, 3.05) is 0 Å². The molecule has 0 aliphatic rings. The molecule has 8 aromatic carbocycles. The van der Waals surface area contributed by atoms with Gasteiger partial charge in [-0.2, -0.15) is 18.3 Å². The molecule has 0 bridgehead atoms. The molecule has 546 valence electrons. The van der Waals surface area contributed by atoms with Gasteiger partial charge in [0.2, 0.25) is 68.7 Å². The minimum absolute atomic E-state index is 0.951. The third kappa shape index (κ3) is 12.3. The monoisotopic (exact) mass is 1450 g/mol. The zero-order valence-electron chi connectivity index (χ0n) is 65.6. The van der Waals surface area contributed by atoms with Crippen LogP contribution < -0.4 is 18.3 Å². The van der Waals surface area contributed by atoms with E-state index in [2.05, 4.69) is 408 Å². The van der Waals surface area contributed by atoms with Gasteiger partial charge in [-0.3, -0.25) is 17.6 Å². The number of hydrogen-bond acceptors (Lipinski definition) is 4. The van der Waals surface area contributed by atoms with Gasteiger partial charge < -0.3 is 18.3 Å². The highest BCUT2D eigenvalue weighted by Crippen LogP contribution is 2.34. The van der Waals surface area contributed by atoms with E-state index >= 15 is 0 Å². The van der Waals surface area contributed by atoms with E-state index in [1.165, 1.54) is 89.7 Å². The first-order chi connectivity index (χ1) is 53.8. The Morgan fingerprint density at radius 1 is 0.225 bits per heavy atom. The molecule has 0 spiro atoms. The number of aromatic nitrogens is 16. The summed E-state index contributed by atoms with van der Waals surface area (Å²) in [5.74, 6) is 3.81. The largest absolute Gasteiger partial charge is 0.308 e. The van der Waals surface area contributed by atoms with Gasteiger partial charge in [0.15, 0.2) is 0 Å². The summed E-state index contributed by atoms with van der Waals surface area (Å²) in [6.07, 6.45) is 8.75. The molecule has 12 aromatic heterocycles. The van der Waals surface area contributed by atoms with E-state index in [9.17, 15) is 0 Å². The minimum Gasteiger partial charge on any atom is -0.308 e. The fraction of sp³-hybridized carbons (Fsp3) is 0.158. The predicted molar refractivity (Wildman–Crippen MR) is 448 cm³/mol. The highest BCUT2D eigenvalue weighted by atomic mass is 15.2. The molecule has 0 saturated carbocycles. The smallest absolute Gasteiger partial charge is 0.231 e. The molecule has 0 aliphatic heterocycles. The van der Waals surface area contributed by atoms with Crippen molar-refractivity contribution in [1.82, 2.24) is 55.8 Å². The number of aryl methyl sites for hydroxylation is 11. The van der Waals surface area contributed by atoms with Crippen LogP contribution in [0.2, 0.25) is 0 Å². The van der Waals surface area contributed by atoms with Crippen LogP contribution in [-0.2, 0) is 56.4 Å². The van der Waals surface area contributed by atoms with Crippen LogP contribution >= 0.6 is 0 Å². The molecule has 0 amide bonds. The molecule has 16 heteroatoms. The van der Waals surface area contributed by atoms with Crippen LogP contribution in [0.1, 0.15) is 38.9 Å². The SMILES string of the molecule is Cc1cc(-c2ccccc2C)[n+](C)c(-c2cn3c4ccccc4nc3n2C)c1.Cc1ccc(-c2cccc(-c3cn4c5ccccc5nc4n3C)[n+]2C)c(C)c1.Cc1ccc(C)c(-c2cccc(-c3cn4c5ccccc5nc4n3C)[n+]2C)c1.Cc1ccccc1-c1cccc(-c2cn3c4ccccc4nc3n2C)[n+]1C. The summed E-state index contributed by atoms with van der Waals surface area (Å²) in [5, 5.41) is 0. The first-order valence-electron chi connectivity index (χ1n) is 37.7. The van der Waals surface area contributed by atoms with E-state index in [1.54, 1.807) is 0 Å². The van der Waals surface area contributed by atoms with Crippen LogP contribution in [0.15, 0.2) is 274 Å². The molecule has 111 heavy (non-hydrogen) atoms. The van der Waals surface area contributed by atoms with E-state index < -0.39 is 0 Å². The second kappa shape index (κ2) is 28.2. The molecule has 0 N–H and O–H groups in total. The fourth-order valence-electron chi connectivity index (χ4n) is 16.3. The van der Waals surface area contributed by atoms with Gasteiger partial charge in [-0.25, -0.2) is 19.9 Å². The highest BCUT2D eigenvalue weighted by molar-refractivity contribution is 5.85. The van der Waals surface area contributed by atoms with Crippen LogP contribution in [0.25, 0.3) is 158 Å². The topological polar surface area (TPSA) is 104 Å². The lowest BCUT2D eigenvalue weighted by molar-refractivity contribution is -0.649. The Morgan fingerprint density at radius 2 is 0.514 bits per heavy atom. The maximum atomic E-state index is 4.82. The quantitative estimate of drug-likeness (QED) is 0.141. The number of rotatable bonds is 8. The van der Waals surface area contributed by atoms with Crippen molar-refractivity contribution < 1.29 is 18.3 Å². The van der Waals surface area contributed by atoms with E-state index in [0.29, 0.717) is 0 Å². The van der Waals surface area contributed by atoms with Crippen LogP contribution in [0.4, 0.5) is 0 Å². The molecule has 0 atom stereocenters. The second-order valence-corrected chi connectivity index (χ2v) is 29.6. The van der Waals surface area contributed by atoms with Crippen LogP contribution in [0.5, 0.6) is 0 Å². The van der Waals surface area contributed by atoms with Crippen molar-refractivity contribution in [3.05, 3.63) is 312 Å². The summed E-state index contributed by atoms with van der Waals surface area (Å²) in [7, 11) is 16.9. The highest BCUT2D eigenvalue weighted by Gasteiger charge is 2.28. The summed E-state index contributed by atoms with van der Waals surface area (Å²) in [6.45, 7) is 15.1. The van der Waals surface area contributed by atoms with Crippen molar-refractivity contribution in [2.24, 2.45) is 56.4 Å². The molecule has 12 heterocycles. The Kier molecular flexibility index (Phi) is 17.9. The molecule has 0 unspecified atom stereocenters. The Morgan fingerprint density at radius 3 is 0.901 bits per heavy atom. The number of imidazole rings is 8. The van der Waals surface area contributed by atoms with Crippen molar-refractivity contribution >= 4 is 67.2 Å². The van der Waals surface area contributed by atoms with Crippen LogP contribution in [0, 0.1) is 48.5 Å². The summed E-state index contributed by atoms with van der Waals surface area (Å²) in [5.41, 5.74) is 36.7. The average molecular weight is 1460 g/mol. The van der Waals surface area contributed by atoms with E-state index in [-0.39, 0.29) is 0 Å². The van der Waals surface area contributed by atoms with Gasteiger partial charge in [0.05, 0.1) is 44.1 Å². The minimum atomic E-state index is 0.951. The van der Waals surface area contributed by atoms with E-state index in [1.807, 2.05) is 24.3 Å².